The van der Waals surface area contributed by atoms with Gasteiger partial charge in [0.2, 0.25) is 0 Å². The lowest BCUT2D eigenvalue weighted by atomic mass is 9.98. The molecule has 0 amide bonds. The highest BCUT2D eigenvalue weighted by molar-refractivity contribution is 5.98. The van der Waals surface area contributed by atoms with Crippen molar-refractivity contribution >= 4 is 12.0 Å². The molecule has 0 N–H and O–H groups in total. The van der Waals surface area contributed by atoms with Crippen LogP contribution < -0.4 is 4.74 Å². The topological polar surface area (TPSA) is 59.3 Å². The average molecular weight is 349 g/mol. The number of carbonyl (C=O) groups is 1. The van der Waals surface area contributed by atoms with Crippen molar-refractivity contribution < 1.29 is 14.3 Å². The molecule has 2 aromatic carbocycles. The molecule has 2 aromatic rings. The fourth-order valence-corrected chi connectivity index (χ4v) is 2.56. The van der Waals surface area contributed by atoms with Crippen molar-refractivity contribution in [1.29, 1.82) is 5.26 Å². The second kappa shape index (κ2) is 8.87. The first-order chi connectivity index (χ1) is 12.4. The lowest BCUT2D eigenvalue weighted by molar-refractivity contribution is -0.137. The van der Waals surface area contributed by atoms with Gasteiger partial charge in [-0.15, -0.1) is 0 Å². The predicted molar refractivity (Wildman–Crippen MR) is 102 cm³/mol. The van der Waals surface area contributed by atoms with Gasteiger partial charge < -0.3 is 9.47 Å². The minimum absolute atomic E-state index is 0.00838. The zero-order valence-corrected chi connectivity index (χ0v) is 15.6. The van der Waals surface area contributed by atoms with Gasteiger partial charge in [0.25, 0.3) is 0 Å². The molecule has 0 heterocycles. The average Bonchev–Trinajstić information content (AvgIpc) is 2.62. The third-order valence-corrected chi connectivity index (χ3v) is 4.03. The summed E-state index contributed by atoms with van der Waals surface area (Å²) in [4.78, 5) is 11.9. The Hall–Kier alpha value is -3.06. The van der Waals surface area contributed by atoms with Crippen molar-refractivity contribution in [3.05, 3.63) is 69.8 Å². The molecular weight excluding hydrogens is 326 g/mol. The van der Waals surface area contributed by atoms with E-state index in [9.17, 15) is 10.1 Å². The van der Waals surface area contributed by atoms with Crippen LogP contribution in [0.25, 0.3) is 6.08 Å². The minimum atomic E-state index is -0.603. The summed E-state index contributed by atoms with van der Waals surface area (Å²) in [5.74, 6) is 0.200. The zero-order chi connectivity index (χ0) is 19.1. The molecule has 26 heavy (non-hydrogen) atoms. The maximum atomic E-state index is 11.9. The zero-order valence-electron chi connectivity index (χ0n) is 15.6. The van der Waals surface area contributed by atoms with Crippen molar-refractivity contribution in [2.24, 2.45) is 0 Å². The van der Waals surface area contributed by atoms with Gasteiger partial charge in [0.05, 0.1) is 6.61 Å². The Morgan fingerprint density at radius 3 is 2.42 bits per heavy atom. The van der Waals surface area contributed by atoms with Crippen LogP contribution in [-0.2, 0) is 16.1 Å². The Morgan fingerprint density at radius 1 is 1.12 bits per heavy atom. The predicted octanol–water partition coefficient (Wildman–Crippen LogP) is 4.66. The van der Waals surface area contributed by atoms with E-state index in [4.69, 9.17) is 9.47 Å². The summed E-state index contributed by atoms with van der Waals surface area (Å²) in [5, 5.41) is 9.24. The van der Waals surface area contributed by atoms with Crippen LogP contribution in [0.5, 0.6) is 5.75 Å². The van der Waals surface area contributed by atoms with Crippen LogP contribution in [0.1, 0.15) is 34.7 Å². The summed E-state index contributed by atoms with van der Waals surface area (Å²) in [6, 6.07) is 13.8. The fourth-order valence-electron chi connectivity index (χ4n) is 2.56. The fraction of sp³-hybridized carbons (Fsp3) is 0.273. The lowest BCUT2D eigenvalue weighted by Gasteiger charge is -2.13. The van der Waals surface area contributed by atoms with E-state index in [2.05, 4.69) is 6.07 Å². The van der Waals surface area contributed by atoms with E-state index in [0.29, 0.717) is 6.61 Å². The number of ether oxygens (including phenoxy) is 2. The largest absolute Gasteiger partial charge is 0.489 e. The third kappa shape index (κ3) is 4.97. The van der Waals surface area contributed by atoms with Crippen LogP contribution in [0.15, 0.2) is 42.0 Å². The van der Waals surface area contributed by atoms with Gasteiger partial charge in [0.1, 0.15) is 24.0 Å². The molecule has 0 bridgehead atoms. The molecule has 4 heteroatoms. The van der Waals surface area contributed by atoms with Gasteiger partial charge >= 0.3 is 5.97 Å². The van der Waals surface area contributed by atoms with Crippen LogP contribution >= 0.6 is 0 Å². The minimum Gasteiger partial charge on any atom is -0.489 e. The van der Waals surface area contributed by atoms with E-state index in [0.717, 1.165) is 28.0 Å². The standard InChI is InChI=1S/C22H23NO3/c1-5-25-22(24)19(13-23)12-18-10-16(3)11-20(17(18)4)14-26-21-8-6-15(2)7-9-21/h6-12H,5,14H2,1-4H3/b19-12+. The van der Waals surface area contributed by atoms with Crippen molar-refractivity contribution in [3.8, 4) is 11.8 Å². The van der Waals surface area contributed by atoms with Gasteiger partial charge in [-0.1, -0.05) is 35.4 Å². The molecule has 0 aliphatic heterocycles. The molecule has 0 unspecified atom stereocenters. The van der Waals surface area contributed by atoms with E-state index in [1.54, 1.807) is 13.0 Å². The third-order valence-electron chi connectivity index (χ3n) is 4.03. The molecule has 0 radical (unpaired) electrons. The van der Waals surface area contributed by atoms with Crippen molar-refractivity contribution in [1.82, 2.24) is 0 Å². The summed E-state index contributed by atoms with van der Waals surface area (Å²) in [6.45, 7) is 8.33. The number of hydrogen-bond acceptors (Lipinski definition) is 4. The molecule has 0 atom stereocenters. The van der Waals surface area contributed by atoms with Gasteiger partial charge in [0, 0.05) is 0 Å². The normalized spacial score (nSPS) is 11.0. The van der Waals surface area contributed by atoms with E-state index >= 15 is 0 Å². The first-order valence-electron chi connectivity index (χ1n) is 8.53. The van der Waals surface area contributed by atoms with Gasteiger partial charge in [-0.05, 0) is 62.6 Å². The SMILES string of the molecule is CCOC(=O)/C(C#N)=C/c1cc(C)cc(COc2ccc(C)cc2)c1C. The number of nitriles is 1. The summed E-state index contributed by atoms with van der Waals surface area (Å²) in [6.07, 6.45) is 1.58. The number of aryl methyl sites for hydroxylation is 2. The quantitative estimate of drug-likeness (QED) is 0.432. The molecule has 134 valence electrons. The summed E-state index contributed by atoms with van der Waals surface area (Å²) in [7, 11) is 0. The maximum Gasteiger partial charge on any atom is 0.348 e. The summed E-state index contributed by atoms with van der Waals surface area (Å²) in [5.41, 5.74) is 5.01. The lowest BCUT2D eigenvalue weighted by Crippen LogP contribution is -2.06. The number of hydrogen-bond donors (Lipinski definition) is 0. The molecular formula is C22H23NO3. The smallest absolute Gasteiger partial charge is 0.348 e. The molecule has 0 aliphatic carbocycles. The molecule has 4 nitrogen and oxygen atoms in total. The first-order valence-corrected chi connectivity index (χ1v) is 8.53. The molecule has 0 fully saturated rings. The van der Waals surface area contributed by atoms with Crippen LogP contribution in [-0.4, -0.2) is 12.6 Å². The van der Waals surface area contributed by atoms with Crippen LogP contribution in [0, 0.1) is 32.1 Å². The van der Waals surface area contributed by atoms with Crippen molar-refractivity contribution in [2.45, 2.75) is 34.3 Å². The van der Waals surface area contributed by atoms with Crippen LogP contribution in [0.2, 0.25) is 0 Å². The summed E-state index contributed by atoms with van der Waals surface area (Å²) >= 11 is 0. The number of carbonyl (C=O) groups excluding carboxylic acids is 1. The molecule has 0 saturated carbocycles. The highest BCUT2D eigenvalue weighted by Crippen LogP contribution is 2.22. The van der Waals surface area contributed by atoms with Crippen LogP contribution in [0.3, 0.4) is 0 Å². The van der Waals surface area contributed by atoms with Crippen molar-refractivity contribution in [3.63, 3.8) is 0 Å². The second-order valence-corrected chi connectivity index (χ2v) is 6.13. The van der Waals surface area contributed by atoms with Crippen LogP contribution in [0.4, 0.5) is 0 Å². The molecule has 0 aliphatic rings. The van der Waals surface area contributed by atoms with Gasteiger partial charge in [-0.2, -0.15) is 5.26 Å². The maximum absolute atomic E-state index is 11.9. The molecule has 0 spiro atoms. The Labute approximate surface area is 154 Å². The highest BCUT2D eigenvalue weighted by Gasteiger charge is 2.12. The number of rotatable bonds is 6. The Kier molecular flexibility index (Phi) is 6.57. The number of esters is 1. The molecule has 0 saturated heterocycles. The van der Waals surface area contributed by atoms with Crippen molar-refractivity contribution in [2.75, 3.05) is 6.61 Å². The highest BCUT2D eigenvalue weighted by atomic mass is 16.5. The van der Waals surface area contributed by atoms with E-state index in [-0.39, 0.29) is 12.2 Å². The Bertz CT molecular complexity index is 858. The van der Waals surface area contributed by atoms with Gasteiger partial charge in [0.15, 0.2) is 0 Å². The number of nitrogens with zero attached hydrogens (tertiary/aromatic N) is 1. The summed E-state index contributed by atoms with van der Waals surface area (Å²) < 4.78 is 10.8. The van der Waals surface area contributed by atoms with Gasteiger partial charge in [-0.3, -0.25) is 0 Å². The van der Waals surface area contributed by atoms with E-state index in [1.165, 1.54) is 5.56 Å². The molecule has 0 aromatic heterocycles. The van der Waals surface area contributed by atoms with E-state index in [1.807, 2.05) is 57.2 Å². The first kappa shape index (κ1) is 19.3. The monoisotopic (exact) mass is 349 g/mol. The van der Waals surface area contributed by atoms with E-state index < -0.39 is 5.97 Å². The van der Waals surface area contributed by atoms with Gasteiger partial charge in [-0.25, -0.2) is 4.79 Å². The Balaban J connectivity index is 2.28. The number of benzene rings is 2. The Morgan fingerprint density at radius 2 is 1.81 bits per heavy atom. The second-order valence-electron chi connectivity index (χ2n) is 6.13. The molecule has 2 rings (SSSR count).